The molecule has 0 fully saturated rings. The van der Waals surface area contributed by atoms with Crippen LogP contribution in [0.1, 0.15) is 5.56 Å². The van der Waals surface area contributed by atoms with Crippen molar-refractivity contribution in [1.29, 1.82) is 5.26 Å². The first-order chi connectivity index (χ1) is 6.42. The molecule has 14 heavy (non-hydrogen) atoms. The molecule has 4 nitrogen and oxygen atoms in total. The van der Waals surface area contributed by atoms with Crippen LogP contribution in [0.25, 0.3) is 0 Å². The molecule has 0 aliphatic heterocycles. The van der Waals surface area contributed by atoms with Crippen molar-refractivity contribution >= 4 is 15.7 Å². The lowest BCUT2D eigenvalue weighted by molar-refractivity contribution is 0.603. The van der Waals surface area contributed by atoms with Gasteiger partial charge < -0.3 is 0 Å². The van der Waals surface area contributed by atoms with Gasteiger partial charge in [0.15, 0.2) is 0 Å². The molecule has 0 aliphatic rings. The van der Waals surface area contributed by atoms with E-state index in [4.69, 9.17) is 5.26 Å². The molecule has 0 aliphatic carbocycles. The fraction of sp³-hybridized carbons (Fsp3) is 0.125. The van der Waals surface area contributed by atoms with Crippen LogP contribution in [0.3, 0.4) is 0 Å². The van der Waals surface area contributed by atoms with Gasteiger partial charge in [-0.25, -0.2) is 12.8 Å². The van der Waals surface area contributed by atoms with E-state index in [0.717, 1.165) is 18.4 Å². The fourth-order valence-corrected chi connectivity index (χ4v) is 1.43. The second-order valence-electron chi connectivity index (χ2n) is 2.68. The monoisotopic (exact) mass is 214 g/mol. The molecule has 1 aromatic carbocycles. The second-order valence-corrected chi connectivity index (χ2v) is 4.43. The SMILES string of the molecule is CS(=O)(=O)Nc1cc(C#N)ccc1F. The van der Waals surface area contributed by atoms with E-state index < -0.39 is 15.8 Å². The first kappa shape index (κ1) is 10.5. The van der Waals surface area contributed by atoms with E-state index in [1.165, 1.54) is 6.07 Å². The Labute approximate surface area is 81.0 Å². The predicted molar refractivity (Wildman–Crippen MR) is 49.6 cm³/mol. The van der Waals surface area contributed by atoms with Crippen LogP contribution < -0.4 is 4.72 Å². The van der Waals surface area contributed by atoms with E-state index in [-0.39, 0.29) is 11.3 Å². The zero-order valence-electron chi connectivity index (χ0n) is 7.28. The van der Waals surface area contributed by atoms with Crippen molar-refractivity contribution in [2.45, 2.75) is 0 Å². The van der Waals surface area contributed by atoms with Crippen molar-refractivity contribution < 1.29 is 12.8 Å². The van der Waals surface area contributed by atoms with Gasteiger partial charge in [0.2, 0.25) is 10.0 Å². The van der Waals surface area contributed by atoms with Crippen LogP contribution in [0.2, 0.25) is 0 Å². The van der Waals surface area contributed by atoms with Gasteiger partial charge in [-0.2, -0.15) is 5.26 Å². The van der Waals surface area contributed by atoms with Gasteiger partial charge in [0.1, 0.15) is 5.82 Å². The van der Waals surface area contributed by atoms with Crippen molar-refractivity contribution in [3.05, 3.63) is 29.6 Å². The van der Waals surface area contributed by atoms with E-state index in [0.29, 0.717) is 0 Å². The Hall–Kier alpha value is -1.61. The maximum absolute atomic E-state index is 13.0. The predicted octanol–water partition coefficient (Wildman–Crippen LogP) is 1.07. The average Bonchev–Trinajstić information content (AvgIpc) is 2.06. The number of hydrogen-bond acceptors (Lipinski definition) is 3. The Morgan fingerprint density at radius 3 is 2.64 bits per heavy atom. The summed E-state index contributed by atoms with van der Waals surface area (Å²) >= 11 is 0. The molecule has 0 bridgehead atoms. The molecule has 0 amide bonds. The van der Waals surface area contributed by atoms with Gasteiger partial charge in [-0.3, -0.25) is 4.72 Å². The van der Waals surface area contributed by atoms with Gasteiger partial charge in [-0.15, -0.1) is 0 Å². The molecule has 0 saturated carbocycles. The van der Waals surface area contributed by atoms with Crippen LogP contribution >= 0.6 is 0 Å². The van der Waals surface area contributed by atoms with Crippen molar-refractivity contribution in [2.24, 2.45) is 0 Å². The standard InChI is InChI=1S/C8H7FN2O2S/c1-14(12,13)11-8-4-6(5-10)2-3-7(8)9/h2-4,11H,1H3. The normalized spacial score (nSPS) is 10.6. The summed E-state index contributed by atoms with van der Waals surface area (Å²) in [7, 11) is -3.52. The third kappa shape index (κ3) is 2.71. The molecule has 0 aromatic heterocycles. The third-order valence-corrected chi connectivity index (χ3v) is 1.98. The maximum atomic E-state index is 13.0. The van der Waals surface area contributed by atoms with Crippen LogP contribution in [0.15, 0.2) is 18.2 Å². The number of nitrogens with one attached hydrogen (secondary N) is 1. The Kier molecular flexibility index (Phi) is 2.72. The summed E-state index contributed by atoms with van der Waals surface area (Å²) in [5, 5.41) is 8.50. The highest BCUT2D eigenvalue weighted by Gasteiger charge is 2.07. The summed E-state index contributed by atoms with van der Waals surface area (Å²) < 4.78 is 36.6. The minimum absolute atomic E-state index is 0.192. The van der Waals surface area contributed by atoms with E-state index in [1.807, 2.05) is 4.72 Å². The van der Waals surface area contributed by atoms with Gasteiger partial charge in [0, 0.05) is 0 Å². The Balaban J connectivity index is 3.15. The summed E-state index contributed by atoms with van der Waals surface area (Å²) in [6.07, 6.45) is 0.908. The smallest absolute Gasteiger partial charge is 0.229 e. The highest BCUT2D eigenvalue weighted by Crippen LogP contribution is 2.16. The first-order valence-electron chi connectivity index (χ1n) is 3.60. The largest absolute Gasteiger partial charge is 0.281 e. The molecule has 0 saturated heterocycles. The van der Waals surface area contributed by atoms with Crippen molar-refractivity contribution in [3.8, 4) is 6.07 Å². The Morgan fingerprint density at radius 2 is 2.14 bits per heavy atom. The number of anilines is 1. The van der Waals surface area contributed by atoms with Crippen LogP contribution in [-0.4, -0.2) is 14.7 Å². The molecule has 1 aromatic rings. The quantitative estimate of drug-likeness (QED) is 0.800. The van der Waals surface area contributed by atoms with E-state index >= 15 is 0 Å². The molecule has 74 valence electrons. The lowest BCUT2D eigenvalue weighted by atomic mass is 10.2. The number of sulfonamides is 1. The number of benzene rings is 1. The molecular formula is C8H7FN2O2S. The number of rotatable bonds is 2. The number of nitrogens with zero attached hydrogens (tertiary/aromatic N) is 1. The van der Waals surface area contributed by atoms with Crippen molar-refractivity contribution in [2.75, 3.05) is 11.0 Å². The summed E-state index contributed by atoms with van der Waals surface area (Å²) in [5.41, 5.74) is -0.0240. The van der Waals surface area contributed by atoms with Crippen molar-refractivity contribution in [1.82, 2.24) is 0 Å². The molecular weight excluding hydrogens is 207 g/mol. The lowest BCUT2D eigenvalue weighted by Gasteiger charge is -2.04. The second kappa shape index (κ2) is 3.64. The van der Waals surface area contributed by atoms with Gasteiger partial charge in [-0.05, 0) is 18.2 Å². The molecule has 0 atom stereocenters. The van der Waals surface area contributed by atoms with Gasteiger partial charge in [-0.1, -0.05) is 0 Å². The third-order valence-electron chi connectivity index (χ3n) is 1.39. The van der Waals surface area contributed by atoms with Crippen molar-refractivity contribution in [3.63, 3.8) is 0 Å². The average molecular weight is 214 g/mol. The fourth-order valence-electron chi connectivity index (χ4n) is 0.873. The molecule has 6 heteroatoms. The molecule has 0 unspecified atom stereocenters. The summed E-state index contributed by atoms with van der Waals surface area (Å²) in [5.74, 6) is -0.713. The number of hydrogen-bond donors (Lipinski definition) is 1. The highest BCUT2D eigenvalue weighted by molar-refractivity contribution is 7.92. The molecule has 0 heterocycles. The molecule has 0 spiro atoms. The van der Waals surface area contributed by atoms with E-state index in [2.05, 4.69) is 0 Å². The van der Waals surface area contributed by atoms with Crippen LogP contribution in [0.5, 0.6) is 0 Å². The molecule has 0 radical (unpaired) electrons. The molecule has 1 rings (SSSR count). The lowest BCUT2D eigenvalue weighted by Crippen LogP contribution is -2.10. The highest BCUT2D eigenvalue weighted by atomic mass is 32.2. The molecule has 1 N–H and O–H groups in total. The maximum Gasteiger partial charge on any atom is 0.229 e. The topological polar surface area (TPSA) is 70.0 Å². The van der Waals surface area contributed by atoms with E-state index in [9.17, 15) is 12.8 Å². The minimum Gasteiger partial charge on any atom is -0.281 e. The van der Waals surface area contributed by atoms with Crippen LogP contribution in [0, 0.1) is 17.1 Å². The zero-order chi connectivity index (χ0) is 10.8. The first-order valence-corrected chi connectivity index (χ1v) is 5.49. The van der Waals surface area contributed by atoms with Crippen LogP contribution in [0.4, 0.5) is 10.1 Å². The number of nitriles is 1. The minimum atomic E-state index is -3.52. The van der Waals surface area contributed by atoms with Gasteiger partial charge in [0.25, 0.3) is 0 Å². The van der Waals surface area contributed by atoms with E-state index in [1.54, 1.807) is 6.07 Å². The summed E-state index contributed by atoms with van der Waals surface area (Å²) in [6, 6.07) is 5.21. The number of halogens is 1. The Bertz CT molecular complexity index is 491. The summed E-state index contributed by atoms with van der Waals surface area (Å²) in [4.78, 5) is 0. The Morgan fingerprint density at radius 1 is 1.50 bits per heavy atom. The zero-order valence-corrected chi connectivity index (χ0v) is 8.10. The summed E-state index contributed by atoms with van der Waals surface area (Å²) in [6.45, 7) is 0. The van der Waals surface area contributed by atoms with Crippen LogP contribution in [-0.2, 0) is 10.0 Å². The van der Waals surface area contributed by atoms with Gasteiger partial charge in [0.05, 0.1) is 23.6 Å². The van der Waals surface area contributed by atoms with Gasteiger partial charge >= 0.3 is 0 Å².